The molecule has 0 bridgehead atoms. The largest absolute Gasteiger partial charge is 0.463 e. The van der Waals surface area contributed by atoms with Crippen LogP contribution in [0.3, 0.4) is 0 Å². The molecule has 0 fully saturated rings. The number of nitrogens with zero attached hydrogens (tertiary/aromatic N) is 5. The standard InChI is InChI=1S/C17H16N6O/c18-17-21-14(13-6-3-9-24-13)15-16(22-17)23(11-20-15)8-2-5-12-4-1-7-19-10-12/h1,3-4,6-7,9-11H,2,5,8H2,(H2,18,21,22). The molecule has 0 saturated heterocycles. The number of rotatable bonds is 5. The molecule has 4 aromatic heterocycles. The summed E-state index contributed by atoms with van der Waals surface area (Å²) in [5.41, 5.74) is 9.12. The van der Waals surface area contributed by atoms with Gasteiger partial charge in [0.2, 0.25) is 5.95 Å². The molecule has 7 nitrogen and oxygen atoms in total. The summed E-state index contributed by atoms with van der Waals surface area (Å²) in [5, 5.41) is 0. The number of imidazole rings is 1. The lowest BCUT2D eigenvalue weighted by molar-refractivity contribution is 0.580. The van der Waals surface area contributed by atoms with Crippen LogP contribution in [-0.2, 0) is 13.0 Å². The lowest BCUT2D eigenvalue weighted by Crippen LogP contribution is -2.03. The maximum Gasteiger partial charge on any atom is 0.222 e. The number of nitrogens with two attached hydrogens (primary N) is 1. The van der Waals surface area contributed by atoms with Gasteiger partial charge in [0.1, 0.15) is 11.2 Å². The van der Waals surface area contributed by atoms with E-state index in [1.807, 2.05) is 29.0 Å². The fourth-order valence-electron chi connectivity index (χ4n) is 2.71. The van der Waals surface area contributed by atoms with Gasteiger partial charge < -0.3 is 14.7 Å². The highest BCUT2D eigenvalue weighted by Gasteiger charge is 2.15. The number of nitrogen functional groups attached to an aromatic ring is 1. The molecule has 0 spiro atoms. The summed E-state index contributed by atoms with van der Waals surface area (Å²) in [6, 6.07) is 7.67. The summed E-state index contributed by atoms with van der Waals surface area (Å²) in [5.74, 6) is 0.845. The molecule has 4 heterocycles. The molecule has 4 rings (SSSR count). The van der Waals surface area contributed by atoms with Crippen molar-refractivity contribution in [2.24, 2.45) is 0 Å². The molecule has 0 aliphatic heterocycles. The topological polar surface area (TPSA) is 95.7 Å². The summed E-state index contributed by atoms with van der Waals surface area (Å²) < 4.78 is 7.43. The molecule has 0 atom stereocenters. The average molecular weight is 320 g/mol. The third-order valence-corrected chi connectivity index (χ3v) is 3.82. The van der Waals surface area contributed by atoms with Gasteiger partial charge in [0.15, 0.2) is 11.4 Å². The summed E-state index contributed by atoms with van der Waals surface area (Å²) in [7, 11) is 0. The normalized spacial score (nSPS) is 11.2. The predicted octanol–water partition coefficient (Wildman–Crippen LogP) is 2.70. The van der Waals surface area contributed by atoms with E-state index in [9.17, 15) is 0 Å². The Morgan fingerprint density at radius 1 is 1.17 bits per heavy atom. The quantitative estimate of drug-likeness (QED) is 0.607. The minimum atomic E-state index is 0.211. The van der Waals surface area contributed by atoms with Gasteiger partial charge in [-0.3, -0.25) is 4.98 Å². The van der Waals surface area contributed by atoms with Gasteiger partial charge >= 0.3 is 0 Å². The molecule has 2 N–H and O–H groups in total. The van der Waals surface area contributed by atoms with Gasteiger partial charge in [0.25, 0.3) is 0 Å². The van der Waals surface area contributed by atoms with Crippen molar-refractivity contribution in [2.75, 3.05) is 5.73 Å². The van der Waals surface area contributed by atoms with E-state index in [1.54, 1.807) is 18.8 Å². The number of hydrogen-bond donors (Lipinski definition) is 1. The first-order valence-corrected chi connectivity index (χ1v) is 7.72. The zero-order chi connectivity index (χ0) is 16.4. The van der Waals surface area contributed by atoms with Crippen LogP contribution < -0.4 is 5.73 Å². The Kier molecular flexibility index (Phi) is 3.66. The highest BCUT2D eigenvalue weighted by molar-refractivity contribution is 5.86. The van der Waals surface area contributed by atoms with Crippen LogP contribution in [0.1, 0.15) is 12.0 Å². The second-order valence-electron chi connectivity index (χ2n) is 5.48. The van der Waals surface area contributed by atoms with E-state index in [-0.39, 0.29) is 5.95 Å². The van der Waals surface area contributed by atoms with Gasteiger partial charge in [-0.25, -0.2) is 9.97 Å². The van der Waals surface area contributed by atoms with E-state index in [0.717, 1.165) is 25.0 Å². The van der Waals surface area contributed by atoms with E-state index >= 15 is 0 Å². The van der Waals surface area contributed by atoms with Crippen LogP contribution in [0.4, 0.5) is 5.95 Å². The molecule has 7 heteroatoms. The molecule has 0 aliphatic rings. The van der Waals surface area contributed by atoms with Crippen LogP contribution in [-0.4, -0.2) is 24.5 Å². The lowest BCUT2D eigenvalue weighted by atomic mass is 10.1. The molecule has 120 valence electrons. The number of aromatic nitrogens is 5. The predicted molar refractivity (Wildman–Crippen MR) is 90.0 cm³/mol. The first-order valence-electron chi connectivity index (χ1n) is 7.72. The zero-order valence-corrected chi connectivity index (χ0v) is 13.0. The fraction of sp³-hybridized carbons (Fsp3) is 0.176. The fourth-order valence-corrected chi connectivity index (χ4v) is 2.71. The maximum absolute atomic E-state index is 5.87. The number of anilines is 1. The van der Waals surface area contributed by atoms with Gasteiger partial charge in [0, 0.05) is 18.9 Å². The number of furan rings is 1. The molecule has 0 aromatic carbocycles. The summed E-state index contributed by atoms with van der Waals surface area (Å²) in [4.78, 5) is 17.2. The lowest BCUT2D eigenvalue weighted by Gasteiger charge is -2.05. The molecule has 24 heavy (non-hydrogen) atoms. The number of fused-ring (bicyclic) bond motifs is 1. The van der Waals surface area contributed by atoms with Crippen LogP contribution in [0, 0.1) is 0 Å². The first-order chi connectivity index (χ1) is 11.8. The summed E-state index contributed by atoms with van der Waals surface area (Å²) in [6.45, 7) is 0.791. The second kappa shape index (κ2) is 6.11. The van der Waals surface area contributed by atoms with Crippen LogP contribution in [0.5, 0.6) is 0 Å². The second-order valence-corrected chi connectivity index (χ2v) is 5.48. The Morgan fingerprint density at radius 3 is 2.92 bits per heavy atom. The van der Waals surface area contributed by atoms with E-state index in [0.29, 0.717) is 17.0 Å². The van der Waals surface area contributed by atoms with Crippen LogP contribution in [0.15, 0.2) is 53.7 Å². The molecule has 0 aliphatic carbocycles. The Balaban J connectivity index is 1.60. The molecule has 0 radical (unpaired) electrons. The van der Waals surface area contributed by atoms with E-state index < -0.39 is 0 Å². The Labute approximate surface area is 138 Å². The van der Waals surface area contributed by atoms with E-state index in [1.165, 1.54) is 5.56 Å². The molecule has 0 unspecified atom stereocenters. The van der Waals surface area contributed by atoms with Crippen molar-refractivity contribution < 1.29 is 4.42 Å². The first kappa shape index (κ1) is 14.4. The SMILES string of the molecule is Nc1nc(-c2ccco2)c2ncn(CCCc3cccnc3)c2n1. The van der Waals surface area contributed by atoms with Gasteiger partial charge in [-0.1, -0.05) is 6.07 Å². The van der Waals surface area contributed by atoms with Crippen molar-refractivity contribution in [2.45, 2.75) is 19.4 Å². The smallest absolute Gasteiger partial charge is 0.222 e. The van der Waals surface area contributed by atoms with Gasteiger partial charge in [-0.2, -0.15) is 4.98 Å². The van der Waals surface area contributed by atoms with Crippen molar-refractivity contribution in [3.63, 3.8) is 0 Å². The van der Waals surface area contributed by atoms with Gasteiger partial charge in [0.05, 0.1) is 12.6 Å². The van der Waals surface area contributed by atoms with Gasteiger partial charge in [-0.15, -0.1) is 0 Å². The van der Waals surface area contributed by atoms with Crippen LogP contribution in [0.2, 0.25) is 0 Å². The molecule has 0 saturated carbocycles. The Hall–Kier alpha value is -3.22. The van der Waals surface area contributed by atoms with Gasteiger partial charge in [-0.05, 0) is 36.6 Å². The van der Waals surface area contributed by atoms with Crippen molar-refractivity contribution in [3.05, 3.63) is 54.8 Å². The third-order valence-electron chi connectivity index (χ3n) is 3.82. The number of pyridine rings is 1. The maximum atomic E-state index is 5.87. The van der Waals surface area contributed by atoms with E-state index in [2.05, 4.69) is 26.0 Å². The average Bonchev–Trinajstić information content (AvgIpc) is 3.26. The van der Waals surface area contributed by atoms with E-state index in [4.69, 9.17) is 10.2 Å². The van der Waals surface area contributed by atoms with Crippen molar-refractivity contribution in [1.82, 2.24) is 24.5 Å². The van der Waals surface area contributed by atoms with Crippen LogP contribution in [0.25, 0.3) is 22.6 Å². The molecule has 0 amide bonds. The third kappa shape index (κ3) is 2.71. The molecular formula is C17H16N6O. The van der Waals surface area contributed by atoms with Crippen molar-refractivity contribution in [3.8, 4) is 11.5 Å². The minimum Gasteiger partial charge on any atom is -0.463 e. The Bertz CT molecular complexity index is 946. The molecule has 4 aromatic rings. The minimum absolute atomic E-state index is 0.211. The van der Waals surface area contributed by atoms with Crippen molar-refractivity contribution in [1.29, 1.82) is 0 Å². The highest BCUT2D eigenvalue weighted by atomic mass is 16.3. The Morgan fingerprint density at radius 2 is 2.12 bits per heavy atom. The highest BCUT2D eigenvalue weighted by Crippen LogP contribution is 2.26. The number of hydrogen-bond acceptors (Lipinski definition) is 6. The summed E-state index contributed by atoms with van der Waals surface area (Å²) in [6.07, 6.45) is 8.94. The summed E-state index contributed by atoms with van der Waals surface area (Å²) >= 11 is 0. The van der Waals surface area contributed by atoms with Crippen LogP contribution >= 0.6 is 0 Å². The van der Waals surface area contributed by atoms with Crippen molar-refractivity contribution >= 4 is 17.1 Å². The molecular weight excluding hydrogens is 304 g/mol. The monoisotopic (exact) mass is 320 g/mol. The zero-order valence-electron chi connectivity index (χ0n) is 13.0. The number of aryl methyl sites for hydroxylation is 2.